The van der Waals surface area contributed by atoms with Gasteiger partial charge in [-0.05, 0) is 49.2 Å². The molecule has 3 rings (SSSR count). The van der Waals surface area contributed by atoms with Crippen molar-refractivity contribution in [1.82, 2.24) is 4.72 Å². The minimum absolute atomic E-state index is 0.107. The molecule has 1 heterocycles. The largest absolute Gasteiger partial charge is 0.492 e. The lowest BCUT2D eigenvalue weighted by molar-refractivity contribution is 0.174. The molecule has 0 aliphatic carbocycles. The van der Waals surface area contributed by atoms with Crippen LogP contribution in [-0.4, -0.2) is 28.4 Å². The van der Waals surface area contributed by atoms with Crippen molar-refractivity contribution in [2.24, 2.45) is 0 Å². The highest BCUT2D eigenvalue weighted by Gasteiger charge is 2.19. The maximum atomic E-state index is 12.3. The summed E-state index contributed by atoms with van der Waals surface area (Å²) in [5.41, 5.74) is 2.21. The number of ether oxygens (including phenoxy) is 3. The van der Waals surface area contributed by atoms with E-state index in [4.69, 9.17) is 14.2 Å². The molecule has 1 N–H and O–H groups in total. The van der Waals surface area contributed by atoms with E-state index in [1.165, 1.54) is 12.1 Å². The number of sulfonamides is 1. The molecule has 0 unspecified atom stereocenters. The quantitative estimate of drug-likeness (QED) is 0.811. The number of rotatable bonds is 6. The highest BCUT2D eigenvalue weighted by atomic mass is 32.2. The molecular formula is C17H19NO5S. The summed E-state index contributed by atoms with van der Waals surface area (Å²) in [5.74, 6) is 1.71. The standard InChI is InChI=1S/C17H19NO5S/c1-12-7-13(2)9-14(8-12)21-6-5-18-24(19,20)15-3-4-16-17(10-15)23-11-22-16/h3-4,7-10,18H,5-6,11H2,1-2H3. The predicted molar refractivity (Wildman–Crippen MR) is 89.2 cm³/mol. The lowest BCUT2D eigenvalue weighted by atomic mass is 10.1. The number of hydrogen-bond donors (Lipinski definition) is 1. The second-order valence-electron chi connectivity index (χ2n) is 5.58. The van der Waals surface area contributed by atoms with E-state index in [1.54, 1.807) is 6.07 Å². The molecule has 0 amide bonds. The van der Waals surface area contributed by atoms with Crippen molar-refractivity contribution in [3.8, 4) is 17.2 Å². The zero-order chi connectivity index (χ0) is 17.2. The molecule has 0 aromatic heterocycles. The summed E-state index contributed by atoms with van der Waals surface area (Å²) in [6, 6.07) is 10.4. The average molecular weight is 349 g/mol. The Morgan fingerprint density at radius 1 is 1.04 bits per heavy atom. The van der Waals surface area contributed by atoms with Gasteiger partial charge in [-0.1, -0.05) is 6.07 Å². The third kappa shape index (κ3) is 3.80. The summed E-state index contributed by atoms with van der Waals surface area (Å²) in [6.07, 6.45) is 0. The first-order valence-corrected chi connectivity index (χ1v) is 9.03. The van der Waals surface area contributed by atoms with E-state index < -0.39 is 10.0 Å². The summed E-state index contributed by atoms with van der Waals surface area (Å²) >= 11 is 0. The molecule has 24 heavy (non-hydrogen) atoms. The number of fused-ring (bicyclic) bond motifs is 1. The zero-order valence-electron chi connectivity index (χ0n) is 13.5. The average Bonchev–Trinajstić information content (AvgIpc) is 2.98. The van der Waals surface area contributed by atoms with Gasteiger partial charge < -0.3 is 14.2 Å². The van der Waals surface area contributed by atoms with Gasteiger partial charge in [-0.15, -0.1) is 0 Å². The van der Waals surface area contributed by atoms with Gasteiger partial charge in [0, 0.05) is 12.6 Å². The summed E-state index contributed by atoms with van der Waals surface area (Å²) in [5, 5.41) is 0. The summed E-state index contributed by atoms with van der Waals surface area (Å²) in [4.78, 5) is 0.137. The second kappa shape index (κ2) is 6.70. The van der Waals surface area contributed by atoms with Crippen LogP contribution in [0.1, 0.15) is 11.1 Å². The van der Waals surface area contributed by atoms with Crippen LogP contribution in [0.3, 0.4) is 0 Å². The number of nitrogens with one attached hydrogen (secondary N) is 1. The molecule has 0 saturated heterocycles. The molecule has 1 aliphatic heterocycles. The summed E-state index contributed by atoms with van der Waals surface area (Å²) < 4.78 is 43.1. The van der Waals surface area contributed by atoms with E-state index in [0.29, 0.717) is 11.5 Å². The topological polar surface area (TPSA) is 73.9 Å². The van der Waals surface area contributed by atoms with Crippen molar-refractivity contribution < 1.29 is 22.6 Å². The molecule has 0 fully saturated rings. The first-order valence-electron chi connectivity index (χ1n) is 7.54. The van der Waals surface area contributed by atoms with Crippen LogP contribution in [0.4, 0.5) is 0 Å². The minimum atomic E-state index is -3.62. The van der Waals surface area contributed by atoms with Crippen LogP contribution in [0, 0.1) is 13.8 Å². The van der Waals surface area contributed by atoms with E-state index in [9.17, 15) is 8.42 Å². The molecule has 0 spiro atoms. The van der Waals surface area contributed by atoms with Crippen molar-refractivity contribution in [2.75, 3.05) is 19.9 Å². The van der Waals surface area contributed by atoms with Crippen molar-refractivity contribution in [2.45, 2.75) is 18.7 Å². The van der Waals surface area contributed by atoms with Crippen molar-refractivity contribution >= 4 is 10.0 Å². The lowest BCUT2D eigenvalue weighted by Crippen LogP contribution is -2.28. The smallest absolute Gasteiger partial charge is 0.240 e. The van der Waals surface area contributed by atoms with E-state index >= 15 is 0 Å². The summed E-state index contributed by atoms with van der Waals surface area (Å²) in [7, 11) is -3.62. The van der Waals surface area contributed by atoms with Crippen LogP contribution in [-0.2, 0) is 10.0 Å². The van der Waals surface area contributed by atoms with Gasteiger partial charge >= 0.3 is 0 Å². The van der Waals surface area contributed by atoms with Gasteiger partial charge in [-0.2, -0.15) is 0 Å². The Kier molecular flexibility index (Phi) is 4.64. The second-order valence-corrected chi connectivity index (χ2v) is 7.35. The Bertz CT molecular complexity index is 828. The fourth-order valence-corrected chi connectivity index (χ4v) is 3.52. The van der Waals surface area contributed by atoms with Crippen LogP contribution in [0.5, 0.6) is 17.2 Å². The Labute approximate surface area is 141 Å². The number of benzene rings is 2. The van der Waals surface area contributed by atoms with Crippen LogP contribution in [0.2, 0.25) is 0 Å². The lowest BCUT2D eigenvalue weighted by Gasteiger charge is -2.10. The fourth-order valence-electron chi connectivity index (χ4n) is 2.49. The van der Waals surface area contributed by atoms with E-state index in [-0.39, 0.29) is 24.8 Å². The van der Waals surface area contributed by atoms with Crippen molar-refractivity contribution in [3.05, 3.63) is 47.5 Å². The first kappa shape index (κ1) is 16.6. The highest BCUT2D eigenvalue weighted by Crippen LogP contribution is 2.33. The van der Waals surface area contributed by atoms with Crippen LogP contribution in [0.15, 0.2) is 41.3 Å². The Morgan fingerprint density at radius 3 is 2.50 bits per heavy atom. The van der Waals surface area contributed by atoms with Crippen molar-refractivity contribution in [3.63, 3.8) is 0 Å². The zero-order valence-corrected chi connectivity index (χ0v) is 14.4. The van der Waals surface area contributed by atoms with Gasteiger partial charge in [-0.25, -0.2) is 13.1 Å². The van der Waals surface area contributed by atoms with Gasteiger partial charge in [0.05, 0.1) is 4.90 Å². The molecule has 128 valence electrons. The van der Waals surface area contributed by atoms with Crippen LogP contribution in [0.25, 0.3) is 0 Å². The molecule has 2 aromatic carbocycles. The molecule has 7 heteroatoms. The maximum absolute atomic E-state index is 12.3. The SMILES string of the molecule is Cc1cc(C)cc(OCCNS(=O)(=O)c2ccc3c(c2)OCO3)c1. The van der Waals surface area contributed by atoms with Gasteiger partial charge in [0.2, 0.25) is 16.8 Å². The van der Waals surface area contributed by atoms with Crippen molar-refractivity contribution in [1.29, 1.82) is 0 Å². The molecule has 6 nitrogen and oxygen atoms in total. The van der Waals surface area contributed by atoms with Gasteiger partial charge in [0.1, 0.15) is 12.4 Å². The molecule has 2 aromatic rings. The molecule has 0 bridgehead atoms. The maximum Gasteiger partial charge on any atom is 0.240 e. The molecule has 0 saturated carbocycles. The van der Waals surface area contributed by atoms with E-state index in [0.717, 1.165) is 16.9 Å². The summed E-state index contributed by atoms with van der Waals surface area (Å²) in [6.45, 7) is 4.50. The Morgan fingerprint density at radius 2 is 1.75 bits per heavy atom. The molecule has 0 radical (unpaired) electrons. The molecule has 0 atom stereocenters. The molecular weight excluding hydrogens is 330 g/mol. The normalized spacial score (nSPS) is 13.1. The van der Waals surface area contributed by atoms with Gasteiger partial charge in [0.15, 0.2) is 11.5 Å². The Balaban J connectivity index is 1.57. The monoisotopic (exact) mass is 349 g/mol. The van der Waals surface area contributed by atoms with Gasteiger partial charge in [-0.3, -0.25) is 0 Å². The van der Waals surface area contributed by atoms with Crippen LogP contribution < -0.4 is 18.9 Å². The first-order chi connectivity index (χ1) is 11.4. The predicted octanol–water partition coefficient (Wildman–Crippen LogP) is 2.39. The van der Waals surface area contributed by atoms with E-state index in [2.05, 4.69) is 10.8 Å². The van der Waals surface area contributed by atoms with Gasteiger partial charge in [0.25, 0.3) is 0 Å². The van der Waals surface area contributed by atoms with Crippen LogP contribution >= 0.6 is 0 Å². The third-order valence-electron chi connectivity index (χ3n) is 3.51. The molecule has 1 aliphatic rings. The fraction of sp³-hybridized carbons (Fsp3) is 0.294. The number of aryl methyl sites for hydroxylation is 2. The van der Waals surface area contributed by atoms with E-state index in [1.807, 2.05) is 26.0 Å². The highest BCUT2D eigenvalue weighted by molar-refractivity contribution is 7.89. The Hall–Kier alpha value is -2.25. The third-order valence-corrected chi connectivity index (χ3v) is 4.97. The number of hydrogen-bond acceptors (Lipinski definition) is 5. The minimum Gasteiger partial charge on any atom is -0.492 e.